The molecule has 0 aliphatic heterocycles. The number of hydrogen-bond acceptors (Lipinski definition) is 8. The molecule has 0 aliphatic carbocycles. The summed E-state index contributed by atoms with van der Waals surface area (Å²) in [6.45, 7) is 3.00. The van der Waals surface area contributed by atoms with Gasteiger partial charge in [0, 0.05) is 29.1 Å². The van der Waals surface area contributed by atoms with Crippen molar-refractivity contribution in [3.63, 3.8) is 0 Å². The van der Waals surface area contributed by atoms with Gasteiger partial charge >= 0.3 is 0 Å². The van der Waals surface area contributed by atoms with Crippen molar-refractivity contribution in [1.29, 1.82) is 0 Å². The number of anilines is 1. The molecule has 1 aromatic heterocycles. The molecule has 1 N–H and O–H groups in total. The number of benzene rings is 3. The van der Waals surface area contributed by atoms with Crippen molar-refractivity contribution >= 4 is 45.1 Å². The maximum Gasteiger partial charge on any atom is 0.289 e. The van der Waals surface area contributed by atoms with Crippen LogP contribution in [0.4, 0.5) is 11.4 Å². The average molecular weight is 626 g/mol. The van der Waals surface area contributed by atoms with Crippen molar-refractivity contribution in [2.45, 2.75) is 18.7 Å². The second kappa shape index (κ2) is 13.0. The van der Waals surface area contributed by atoms with Gasteiger partial charge in [0.05, 0.1) is 41.8 Å². The zero-order valence-corrected chi connectivity index (χ0v) is 25.2. The first kappa shape index (κ1) is 31.1. The Morgan fingerprint density at radius 2 is 1.77 bits per heavy atom. The third-order valence-corrected chi connectivity index (χ3v) is 8.66. The Morgan fingerprint density at radius 3 is 2.44 bits per heavy atom. The van der Waals surface area contributed by atoms with E-state index in [1.165, 1.54) is 50.8 Å². The van der Waals surface area contributed by atoms with E-state index < -0.39 is 38.0 Å². The predicted octanol–water partition coefficient (Wildman–Crippen LogP) is 5.02. The van der Waals surface area contributed by atoms with Gasteiger partial charge in [0.2, 0.25) is 0 Å². The summed E-state index contributed by atoms with van der Waals surface area (Å²) in [5, 5.41) is 16.3. The van der Waals surface area contributed by atoms with Gasteiger partial charge in [0.25, 0.3) is 21.6 Å². The number of para-hydroxylation sites is 2. The topological polar surface area (TPSA) is 145 Å². The monoisotopic (exact) mass is 625 g/mol. The highest BCUT2D eigenvalue weighted by Gasteiger charge is 2.34. The summed E-state index contributed by atoms with van der Waals surface area (Å²) in [5.74, 6) is -0.381. The summed E-state index contributed by atoms with van der Waals surface area (Å²) in [4.78, 5) is 23.4. The van der Waals surface area contributed by atoms with Crippen molar-refractivity contribution < 1.29 is 27.6 Å². The predicted molar refractivity (Wildman–Crippen MR) is 163 cm³/mol. The van der Waals surface area contributed by atoms with E-state index in [-0.39, 0.29) is 11.4 Å². The van der Waals surface area contributed by atoms with Gasteiger partial charge in [0.15, 0.2) is 4.90 Å². The van der Waals surface area contributed by atoms with Crippen LogP contribution in [0.2, 0.25) is 5.02 Å². The van der Waals surface area contributed by atoms with Crippen molar-refractivity contribution in [3.8, 4) is 17.2 Å². The summed E-state index contributed by atoms with van der Waals surface area (Å²) in [6, 6.07) is 18.4. The normalized spacial score (nSPS) is 11.4. The van der Waals surface area contributed by atoms with Crippen LogP contribution in [0.3, 0.4) is 0 Å². The highest BCUT2D eigenvalue weighted by Crippen LogP contribution is 2.37. The minimum Gasteiger partial charge on any atom is -0.497 e. The first-order chi connectivity index (χ1) is 20.5. The summed E-state index contributed by atoms with van der Waals surface area (Å²) in [6.07, 6.45) is 1.43. The molecule has 0 spiro atoms. The number of hydrazone groups is 1. The van der Waals surface area contributed by atoms with E-state index in [9.17, 15) is 23.3 Å². The molecule has 0 fully saturated rings. The van der Waals surface area contributed by atoms with Crippen LogP contribution in [-0.2, 0) is 14.8 Å². The quantitative estimate of drug-likeness (QED) is 0.140. The van der Waals surface area contributed by atoms with Gasteiger partial charge in [0.1, 0.15) is 18.0 Å². The molecule has 0 radical (unpaired) electrons. The van der Waals surface area contributed by atoms with Crippen LogP contribution in [0.1, 0.15) is 17.0 Å². The van der Waals surface area contributed by atoms with Crippen LogP contribution in [-0.4, -0.2) is 50.8 Å². The first-order valence-electron chi connectivity index (χ1n) is 12.7. The fraction of sp³-hybridized carbons (Fsp3) is 0.172. The summed E-state index contributed by atoms with van der Waals surface area (Å²) >= 11 is 6.39. The molecule has 3 aromatic carbocycles. The Morgan fingerprint density at radius 1 is 1.07 bits per heavy atom. The molecule has 1 heterocycles. The number of nitro benzene ring substituents is 1. The number of nitrogens with zero attached hydrogens (tertiary/aromatic N) is 4. The first-order valence-corrected chi connectivity index (χ1v) is 14.5. The fourth-order valence-corrected chi connectivity index (χ4v) is 6.31. The molecule has 0 saturated heterocycles. The van der Waals surface area contributed by atoms with Crippen molar-refractivity contribution in [3.05, 3.63) is 105 Å². The SMILES string of the molecule is COc1ccc(N(CC(=O)N/N=C\c2cc(C)n(-c3ccccc3Cl)c2C)S(=O)(=O)c2ccccc2[N+](=O)[O-])c(OC)c1. The maximum atomic E-state index is 13.9. The number of carbonyl (C=O) groups excluding carboxylic acids is 1. The van der Waals surface area contributed by atoms with Crippen molar-refractivity contribution in [2.75, 3.05) is 25.1 Å². The number of ether oxygens (including phenoxy) is 2. The van der Waals surface area contributed by atoms with E-state index in [4.69, 9.17) is 21.1 Å². The highest BCUT2D eigenvalue weighted by atomic mass is 35.5. The van der Waals surface area contributed by atoms with Crippen LogP contribution < -0.4 is 19.2 Å². The lowest BCUT2D eigenvalue weighted by Crippen LogP contribution is -2.40. The van der Waals surface area contributed by atoms with Gasteiger partial charge in [-0.1, -0.05) is 35.9 Å². The smallest absolute Gasteiger partial charge is 0.289 e. The lowest BCUT2D eigenvalue weighted by atomic mass is 10.2. The number of nitrogens with one attached hydrogen (secondary N) is 1. The summed E-state index contributed by atoms with van der Waals surface area (Å²) < 4.78 is 41.0. The minimum atomic E-state index is -4.66. The van der Waals surface area contributed by atoms with Gasteiger partial charge in [-0.05, 0) is 50.2 Å². The fourth-order valence-electron chi connectivity index (χ4n) is 4.50. The van der Waals surface area contributed by atoms with E-state index in [0.29, 0.717) is 16.3 Å². The number of halogens is 1. The molecule has 1 amide bonds. The highest BCUT2D eigenvalue weighted by molar-refractivity contribution is 7.93. The molecule has 0 atom stereocenters. The number of amides is 1. The number of aryl methyl sites for hydroxylation is 1. The average Bonchev–Trinajstić information content (AvgIpc) is 3.27. The number of rotatable bonds is 11. The van der Waals surface area contributed by atoms with Crippen LogP contribution in [0.25, 0.3) is 5.69 Å². The Kier molecular flexibility index (Phi) is 9.37. The van der Waals surface area contributed by atoms with E-state index in [0.717, 1.165) is 33.5 Å². The van der Waals surface area contributed by atoms with Crippen LogP contribution in [0.5, 0.6) is 11.5 Å². The molecule has 0 aliphatic rings. The molecule has 14 heteroatoms. The zero-order chi connectivity index (χ0) is 31.3. The van der Waals surface area contributed by atoms with Gasteiger partial charge in [-0.3, -0.25) is 19.2 Å². The second-order valence-electron chi connectivity index (χ2n) is 9.18. The second-order valence-corrected chi connectivity index (χ2v) is 11.4. The number of methoxy groups -OCH3 is 2. The van der Waals surface area contributed by atoms with E-state index in [1.807, 2.05) is 42.7 Å². The number of sulfonamides is 1. The van der Waals surface area contributed by atoms with Crippen molar-refractivity contribution in [2.24, 2.45) is 5.10 Å². The molecular formula is C29H28ClN5O7S. The van der Waals surface area contributed by atoms with E-state index in [1.54, 1.807) is 6.07 Å². The molecule has 43 heavy (non-hydrogen) atoms. The molecule has 12 nitrogen and oxygen atoms in total. The lowest BCUT2D eigenvalue weighted by Gasteiger charge is -2.25. The molecule has 0 unspecified atom stereocenters. The Hall–Kier alpha value is -4.88. The van der Waals surface area contributed by atoms with Gasteiger partial charge in [-0.25, -0.2) is 13.8 Å². The Bertz CT molecular complexity index is 1820. The van der Waals surface area contributed by atoms with E-state index >= 15 is 0 Å². The third kappa shape index (κ3) is 6.47. The summed E-state index contributed by atoms with van der Waals surface area (Å²) in [7, 11) is -1.91. The molecule has 224 valence electrons. The molecule has 4 rings (SSSR count). The number of hydrogen-bond donors (Lipinski definition) is 1. The van der Waals surface area contributed by atoms with Gasteiger partial charge in [-0.2, -0.15) is 5.10 Å². The maximum absolute atomic E-state index is 13.9. The van der Waals surface area contributed by atoms with Crippen LogP contribution in [0.15, 0.2) is 82.8 Å². The van der Waals surface area contributed by atoms with Gasteiger partial charge < -0.3 is 14.0 Å². The largest absolute Gasteiger partial charge is 0.497 e. The lowest BCUT2D eigenvalue weighted by molar-refractivity contribution is -0.387. The Labute approximate surface area is 253 Å². The number of aromatic nitrogens is 1. The summed E-state index contributed by atoms with van der Waals surface area (Å²) in [5.41, 5.74) is 4.84. The van der Waals surface area contributed by atoms with Crippen LogP contribution in [0, 0.1) is 24.0 Å². The van der Waals surface area contributed by atoms with Crippen molar-refractivity contribution in [1.82, 2.24) is 9.99 Å². The molecule has 0 bridgehead atoms. The Balaban J connectivity index is 1.66. The number of nitro groups is 1. The third-order valence-electron chi connectivity index (χ3n) is 6.53. The molecular weight excluding hydrogens is 598 g/mol. The molecule has 4 aromatic rings. The van der Waals surface area contributed by atoms with Crippen LogP contribution >= 0.6 is 11.6 Å². The van der Waals surface area contributed by atoms with Gasteiger partial charge in [-0.15, -0.1) is 0 Å². The molecule has 0 saturated carbocycles. The standard InChI is InChI=1S/C29H28ClN5O7S/c1-19-15-21(20(2)34(19)24-10-6-5-9-23(24)30)17-31-32-29(36)18-33(25-14-13-22(41-3)16-27(25)42-4)43(39,40)28-12-8-7-11-26(28)35(37)38/h5-17H,18H2,1-4H3,(H,32,36)/b31-17-. The zero-order valence-electron chi connectivity index (χ0n) is 23.6. The minimum absolute atomic E-state index is 0.0381. The van der Waals surface area contributed by atoms with E-state index in [2.05, 4.69) is 10.5 Å². The number of carbonyl (C=O) groups is 1.